The zero-order valence-electron chi connectivity index (χ0n) is 27.8. The van der Waals surface area contributed by atoms with Gasteiger partial charge >= 0.3 is 0 Å². The van der Waals surface area contributed by atoms with Gasteiger partial charge in [-0.05, 0) is 84.7 Å². The molecule has 4 nitrogen and oxygen atoms in total. The zero-order valence-corrected chi connectivity index (χ0v) is 27.8. The SMILES string of the molecule is Cc1ccc(C2=C3C=CC(=N3)C(c3ccc(C)cc3)=C3C=CC(=N3)C(c3ccccc3)=C3C=CC(=N3)C(c3ccccc3)=C3C=CC2=N3)cc1. The molecule has 0 fully saturated rings. The molecule has 4 aromatic rings. The highest BCUT2D eigenvalue weighted by atomic mass is 14.9. The van der Waals surface area contributed by atoms with Gasteiger partial charge < -0.3 is 0 Å². The molecule has 0 unspecified atom stereocenters. The number of aryl methyl sites for hydroxylation is 2. The van der Waals surface area contributed by atoms with Crippen molar-refractivity contribution in [1.82, 2.24) is 0 Å². The minimum Gasteiger partial charge on any atom is -0.248 e. The molecule has 5 aliphatic rings. The summed E-state index contributed by atoms with van der Waals surface area (Å²) in [5.74, 6) is 0. The third-order valence-electron chi connectivity index (χ3n) is 9.41. The quantitative estimate of drug-likeness (QED) is 0.213. The van der Waals surface area contributed by atoms with Crippen LogP contribution >= 0.6 is 0 Å². The van der Waals surface area contributed by atoms with Crippen LogP contribution in [0.25, 0.3) is 22.3 Å². The predicted molar refractivity (Wildman–Crippen MR) is 209 cm³/mol. The zero-order chi connectivity index (χ0) is 33.6. The molecule has 9 rings (SSSR count). The van der Waals surface area contributed by atoms with Crippen molar-refractivity contribution in [3.8, 4) is 0 Å². The van der Waals surface area contributed by atoms with Gasteiger partial charge in [-0.2, -0.15) is 0 Å². The van der Waals surface area contributed by atoms with Crippen molar-refractivity contribution >= 4 is 45.1 Å². The van der Waals surface area contributed by atoms with E-state index in [1.54, 1.807) is 0 Å². The van der Waals surface area contributed by atoms with E-state index >= 15 is 0 Å². The van der Waals surface area contributed by atoms with Crippen LogP contribution < -0.4 is 0 Å². The van der Waals surface area contributed by atoms with E-state index in [1.165, 1.54) is 11.1 Å². The smallest absolute Gasteiger partial charge is 0.0738 e. The van der Waals surface area contributed by atoms with E-state index in [0.29, 0.717) is 0 Å². The number of hydrogen-bond donors (Lipinski definition) is 0. The molecule has 4 heteroatoms. The third-order valence-corrected chi connectivity index (χ3v) is 9.41. The van der Waals surface area contributed by atoms with Crippen LogP contribution in [0.5, 0.6) is 0 Å². The van der Waals surface area contributed by atoms with Crippen LogP contribution in [0.1, 0.15) is 33.4 Å². The van der Waals surface area contributed by atoms with E-state index in [-0.39, 0.29) is 0 Å². The maximum atomic E-state index is 5.35. The highest BCUT2D eigenvalue weighted by molar-refractivity contribution is 6.39. The lowest BCUT2D eigenvalue weighted by Crippen LogP contribution is -2.03. The first-order valence-electron chi connectivity index (χ1n) is 16.9. The second-order valence-electron chi connectivity index (χ2n) is 12.8. The number of aliphatic imine (C=N–C) groups is 4. The molecule has 5 heterocycles. The Morgan fingerprint density at radius 2 is 0.540 bits per heavy atom. The Labute approximate surface area is 292 Å². The summed E-state index contributed by atoms with van der Waals surface area (Å²) in [6.45, 7) is 4.22. The molecule has 0 N–H and O–H groups in total. The van der Waals surface area contributed by atoms with Crippen LogP contribution in [-0.4, -0.2) is 22.8 Å². The molecule has 0 saturated heterocycles. The first-order valence-corrected chi connectivity index (χ1v) is 16.9. The molecule has 8 bridgehead atoms. The summed E-state index contributed by atoms with van der Waals surface area (Å²) in [6.07, 6.45) is 16.9. The van der Waals surface area contributed by atoms with Crippen molar-refractivity contribution in [2.24, 2.45) is 20.0 Å². The van der Waals surface area contributed by atoms with Gasteiger partial charge in [0.15, 0.2) is 0 Å². The van der Waals surface area contributed by atoms with Gasteiger partial charge in [-0.25, -0.2) is 20.0 Å². The van der Waals surface area contributed by atoms with Gasteiger partial charge in [0.2, 0.25) is 0 Å². The van der Waals surface area contributed by atoms with Crippen molar-refractivity contribution in [3.05, 3.63) is 214 Å². The third kappa shape index (κ3) is 5.28. The summed E-state index contributed by atoms with van der Waals surface area (Å²) < 4.78 is 0. The summed E-state index contributed by atoms with van der Waals surface area (Å²) in [5, 5.41) is 0. The largest absolute Gasteiger partial charge is 0.248 e. The van der Waals surface area contributed by atoms with Gasteiger partial charge in [0.05, 0.1) is 45.6 Å². The molecule has 0 atom stereocenters. The Kier molecular flexibility index (Phi) is 7.21. The molecule has 236 valence electrons. The molecule has 0 spiro atoms. The van der Waals surface area contributed by atoms with Crippen molar-refractivity contribution in [2.45, 2.75) is 13.8 Å². The second kappa shape index (κ2) is 12.2. The Balaban J connectivity index is 1.37. The molecule has 0 aromatic heterocycles. The van der Waals surface area contributed by atoms with Crippen LogP contribution in [-0.2, 0) is 0 Å². The lowest BCUT2D eigenvalue weighted by molar-refractivity contribution is 1.40. The maximum Gasteiger partial charge on any atom is 0.0738 e. The minimum absolute atomic E-state index is 0.862. The maximum absolute atomic E-state index is 5.35. The average Bonchev–Trinajstić information content (AvgIpc) is 3.98. The number of rotatable bonds is 4. The Hall–Kier alpha value is -6.52. The lowest BCUT2D eigenvalue weighted by Gasteiger charge is -2.13. The summed E-state index contributed by atoms with van der Waals surface area (Å²) in [5.41, 5.74) is 17.5. The van der Waals surface area contributed by atoms with Crippen molar-refractivity contribution in [3.63, 3.8) is 0 Å². The fraction of sp³-hybridized carbons (Fsp3) is 0.0435. The van der Waals surface area contributed by atoms with Gasteiger partial charge in [-0.15, -0.1) is 0 Å². The number of fused-ring (bicyclic) bond motifs is 4. The summed E-state index contributed by atoms with van der Waals surface area (Å²) in [7, 11) is 0. The number of allylic oxidation sites excluding steroid dienone is 12. The molecular weight excluding hydrogens is 609 g/mol. The van der Waals surface area contributed by atoms with Gasteiger partial charge in [0.25, 0.3) is 0 Å². The molecular formula is C46H32N4. The number of benzene rings is 4. The van der Waals surface area contributed by atoms with Gasteiger partial charge in [-0.1, -0.05) is 120 Å². The topological polar surface area (TPSA) is 49.4 Å². The van der Waals surface area contributed by atoms with Crippen molar-refractivity contribution < 1.29 is 0 Å². The molecule has 0 saturated carbocycles. The fourth-order valence-corrected chi connectivity index (χ4v) is 6.92. The minimum atomic E-state index is 0.862. The molecule has 5 aliphatic heterocycles. The van der Waals surface area contributed by atoms with Crippen molar-refractivity contribution in [2.75, 3.05) is 0 Å². The van der Waals surface area contributed by atoms with Gasteiger partial charge in [0, 0.05) is 22.3 Å². The van der Waals surface area contributed by atoms with Crippen molar-refractivity contribution in [1.29, 1.82) is 0 Å². The highest BCUT2D eigenvalue weighted by Crippen LogP contribution is 2.38. The highest BCUT2D eigenvalue weighted by Gasteiger charge is 2.27. The van der Waals surface area contributed by atoms with E-state index in [9.17, 15) is 0 Å². The second-order valence-corrected chi connectivity index (χ2v) is 12.8. The fourth-order valence-electron chi connectivity index (χ4n) is 6.92. The molecule has 4 aromatic carbocycles. The van der Waals surface area contributed by atoms with E-state index in [4.69, 9.17) is 20.0 Å². The summed E-state index contributed by atoms with van der Waals surface area (Å²) in [6, 6.07) is 38.1. The Morgan fingerprint density at radius 1 is 0.280 bits per heavy atom. The van der Waals surface area contributed by atoms with E-state index < -0.39 is 0 Å². The summed E-state index contributed by atoms with van der Waals surface area (Å²) in [4.78, 5) is 21.4. The lowest BCUT2D eigenvalue weighted by atomic mass is 9.97. The Morgan fingerprint density at radius 3 is 0.820 bits per heavy atom. The predicted octanol–water partition coefficient (Wildman–Crippen LogP) is 10.3. The van der Waals surface area contributed by atoms with Crippen LogP contribution in [0.2, 0.25) is 0 Å². The van der Waals surface area contributed by atoms with Gasteiger partial charge in [-0.3, -0.25) is 0 Å². The normalized spacial score (nSPS) is 17.6. The first-order chi connectivity index (χ1) is 24.6. The van der Waals surface area contributed by atoms with Crippen LogP contribution in [0.3, 0.4) is 0 Å². The monoisotopic (exact) mass is 640 g/mol. The van der Waals surface area contributed by atoms with E-state index in [2.05, 4.69) is 160 Å². The number of hydrogen-bond acceptors (Lipinski definition) is 4. The van der Waals surface area contributed by atoms with Crippen LogP contribution in [0, 0.1) is 13.8 Å². The van der Waals surface area contributed by atoms with Crippen LogP contribution in [0.15, 0.2) is 201 Å². The molecule has 50 heavy (non-hydrogen) atoms. The first kappa shape index (κ1) is 29.6. The van der Waals surface area contributed by atoms with Gasteiger partial charge in [0.1, 0.15) is 0 Å². The molecule has 0 aliphatic carbocycles. The molecule has 0 radical (unpaired) electrons. The van der Waals surface area contributed by atoms with Crippen LogP contribution in [0.4, 0.5) is 0 Å². The Bertz CT molecular complexity index is 2390. The average molecular weight is 641 g/mol. The number of nitrogens with zero attached hydrogens (tertiary/aromatic N) is 4. The standard InChI is InChI=1S/C46H32N4/c1-29-13-17-33(18-14-29)45-39-25-23-37(48-39)43(31-9-5-3-6-10-31)35-21-22-36(47-35)44(32-11-7-4-8-12-32)38-24-26-40(49-38)46(42-28-27-41(45)50-42)34-19-15-30(2)16-20-34/h3-28H,1-2H3. The molecule has 0 amide bonds. The van der Waals surface area contributed by atoms with E-state index in [0.717, 1.165) is 90.2 Å². The summed E-state index contributed by atoms with van der Waals surface area (Å²) >= 11 is 0. The van der Waals surface area contributed by atoms with E-state index in [1.807, 2.05) is 12.1 Å².